The zero-order chi connectivity index (χ0) is 30.2. The predicted octanol–water partition coefficient (Wildman–Crippen LogP) is 11.1. The molecule has 0 N–H and O–H groups in total. The molecule has 10 aromatic rings. The van der Waals surface area contributed by atoms with E-state index in [0.717, 1.165) is 66.3 Å². The topological polar surface area (TPSA) is 43.9 Å². The smallest absolute Gasteiger partial charge is 0.235 e. The molecule has 10 rings (SSSR count). The maximum Gasteiger partial charge on any atom is 0.235 e. The van der Waals surface area contributed by atoms with Crippen LogP contribution in [0.3, 0.4) is 0 Å². The van der Waals surface area contributed by atoms with E-state index in [-0.39, 0.29) is 0 Å². The van der Waals surface area contributed by atoms with Crippen LogP contribution in [0.4, 0.5) is 0 Å². The Bertz CT molecular complexity index is 2810. The molecule has 46 heavy (non-hydrogen) atoms. The average molecular weight is 588 g/mol. The maximum atomic E-state index is 6.33. The molecule has 214 valence electrons. The van der Waals surface area contributed by atoms with Crippen molar-refractivity contribution in [3.63, 3.8) is 0 Å². The van der Waals surface area contributed by atoms with Crippen molar-refractivity contribution in [1.82, 2.24) is 14.5 Å². The molecule has 3 aromatic heterocycles. The summed E-state index contributed by atoms with van der Waals surface area (Å²) in [5.41, 5.74) is 8.90. The first-order chi connectivity index (χ1) is 22.8. The Morgan fingerprint density at radius 2 is 1.13 bits per heavy atom. The first-order valence-electron chi connectivity index (χ1n) is 15.5. The van der Waals surface area contributed by atoms with Crippen LogP contribution in [0.2, 0.25) is 0 Å². The molecule has 0 fully saturated rings. The molecule has 0 bridgehead atoms. The van der Waals surface area contributed by atoms with Crippen molar-refractivity contribution in [3.8, 4) is 28.3 Å². The van der Waals surface area contributed by atoms with Crippen molar-refractivity contribution in [2.75, 3.05) is 0 Å². The Kier molecular flexibility index (Phi) is 5.25. The van der Waals surface area contributed by atoms with Gasteiger partial charge in [-0.05, 0) is 70.4 Å². The molecular weight excluding hydrogens is 562 g/mol. The molecule has 0 aliphatic carbocycles. The van der Waals surface area contributed by atoms with E-state index >= 15 is 0 Å². The van der Waals surface area contributed by atoms with Crippen LogP contribution in [0.1, 0.15) is 0 Å². The minimum atomic E-state index is 0.640. The van der Waals surface area contributed by atoms with Crippen LogP contribution in [0.5, 0.6) is 0 Å². The summed E-state index contributed by atoms with van der Waals surface area (Å²) in [6.45, 7) is 0. The first kappa shape index (κ1) is 25.1. The second kappa shape index (κ2) is 9.62. The lowest BCUT2D eigenvalue weighted by molar-refractivity contribution is 0.669. The minimum Gasteiger partial charge on any atom is -0.456 e. The van der Waals surface area contributed by atoms with Gasteiger partial charge in [0.2, 0.25) is 5.95 Å². The average Bonchev–Trinajstić information content (AvgIpc) is 3.65. The van der Waals surface area contributed by atoms with E-state index in [4.69, 9.17) is 14.4 Å². The van der Waals surface area contributed by atoms with Crippen LogP contribution in [0, 0.1) is 0 Å². The zero-order valence-electron chi connectivity index (χ0n) is 24.7. The molecule has 0 unspecified atom stereocenters. The molecule has 4 nitrogen and oxygen atoms in total. The summed E-state index contributed by atoms with van der Waals surface area (Å²) in [4.78, 5) is 10.6. The standard InChI is InChI=1S/C42H25N3O/c1-2-10-26(11-3-1)29-19-21-36-35(23-29)41(30-18-20-33-32-15-7-9-17-39(32)46-40(33)25-30)44-42(43-36)45-37-16-8-6-14-31(37)34-22-27-12-4-5-13-28(27)24-38(34)45/h1-25H. The lowest BCUT2D eigenvalue weighted by atomic mass is 10.00. The highest BCUT2D eigenvalue weighted by Gasteiger charge is 2.19. The van der Waals surface area contributed by atoms with Gasteiger partial charge in [-0.15, -0.1) is 0 Å². The molecule has 0 atom stereocenters. The summed E-state index contributed by atoms with van der Waals surface area (Å²) in [7, 11) is 0. The Hall–Kier alpha value is -6.26. The summed E-state index contributed by atoms with van der Waals surface area (Å²) in [6.07, 6.45) is 0. The van der Waals surface area contributed by atoms with Gasteiger partial charge in [0.25, 0.3) is 0 Å². The highest BCUT2D eigenvalue weighted by Crippen LogP contribution is 2.38. The van der Waals surface area contributed by atoms with Gasteiger partial charge in [0.1, 0.15) is 11.2 Å². The molecule has 0 saturated carbocycles. The van der Waals surface area contributed by atoms with Gasteiger partial charge in [-0.3, -0.25) is 4.57 Å². The first-order valence-corrected chi connectivity index (χ1v) is 15.5. The van der Waals surface area contributed by atoms with E-state index in [1.807, 2.05) is 18.2 Å². The minimum absolute atomic E-state index is 0.640. The van der Waals surface area contributed by atoms with Gasteiger partial charge < -0.3 is 4.42 Å². The molecule has 0 aliphatic heterocycles. The predicted molar refractivity (Wildman–Crippen MR) is 190 cm³/mol. The third-order valence-electron chi connectivity index (χ3n) is 9.18. The fourth-order valence-corrected chi connectivity index (χ4v) is 6.99. The van der Waals surface area contributed by atoms with E-state index in [9.17, 15) is 0 Å². The zero-order valence-corrected chi connectivity index (χ0v) is 24.7. The molecule has 3 heterocycles. The normalized spacial score (nSPS) is 11.9. The highest BCUT2D eigenvalue weighted by atomic mass is 16.3. The molecule has 0 radical (unpaired) electrons. The van der Waals surface area contributed by atoms with Gasteiger partial charge in [0.15, 0.2) is 0 Å². The second-order valence-electron chi connectivity index (χ2n) is 11.8. The quantitative estimate of drug-likeness (QED) is 0.207. The maximum absolute atomic E-state index is 6.33. The lowest BCUT2D eigenvalue weighted by Crippen LogP contribution is -2.03. The number of fused-ring (bicyclic) bond motifs is 8. The van der Waals surface area contributed by atoms with Crippen molar-refractivity contribution < 1.29 is 4.42 Å². The van der Waals surface area contributed by atoms with E-state index in [2.05, 4.69) is 138 Å². The van der Waals surface area contributed by atoms with Crippen LogP contribution in [-0.2, 0) is 0 Å². The number of furan rings is 1. The van der Waals surface area contributed by atoms with Crippen LogP contribution >= 0.6 is 0 Å². The van der Waals surface area contributed by atoms with Gasteiger partial charge >= 0.3 is 0 Å². The van der Waals surface area contributed by atoms with E-state index in [1.165, 1.54) is 21.5 Å². The lowest BCUT2D eigenvalue weighted by Gasteiger charge is -2.13. The number of benzene rings is 7. The molecule has 4 heteroatoms. The number of hydrogen-bond donors (Lipinski definition) is 0. The number of para-hydroxylation sites is 2. The van der Waals surface area contributed by atoms with Gasteiger partial charge in [0.05, 0.1) is 22.2 Å². The summed E-state index contributed by atoms with van der Waals surface area (Å²) < 4.78 is 8.54. The fraction of sp³-hybridized carbons (Fsp3) is 0. The van der Waals surface area contributed by atoms with E-state index in [0.29, 0.717) is 5.95 Å². The highest BCUT2D eigenvalue weighted by molar-refractivity contribution is 6.13. The van der Waals surface area contributed by atoms with Crippen LogP contribution in [0.25, 0.3) is 93.8 Å². The van der Waals surface area contributed by atoms with Crippen molar-refractivity contribution in [2.24, 2.45) is 0 Å². The number of hydrogen-bond acceptors (Lipinski definition) is 3. The van der Waals surface area contributed by atoms with E-state index < -0.39 is 0 Å². The van der Waals surface area contributed by atoms with Gasteiger partial charge in [-0.1, -0.05) is 103 Å². The fourth-order valence-electron chi connectivity index (χ4n) is 6.99. The van der Waals surface area contributed by atoms with Crippen LogP contribution in [0.15, 0.2) is 156 Å². The molecular formula is C42H25N3O. The van der Waals surface area contributed by atoms with Gasteiger partial charge in [-0.2, -0.15) is 0 Å². The second-order valence-corrected chi connectivity index (χ2v) is 11.8. The van der Waals surface area contributed by atoms with Crippen LogP contribution < -0.4 is 0 Å². The molecule has 0 amide bonds. The third kappa shape index (κ3) is 3.74. The summed E-state index contributed by atoms with van der Waals surface area (Å²) >= 11 is 0. The number of aromatic nitrogens is 3. The summed E-state index contributed by atoms with van der Waals surface area (Å²) in [5, 5.41) is 7.96. The van der Waals surface area contributed by atoms with Gasteiger partial charge in [-0.25, -0.2) is 9.97 Å². The van der Waals surface area contributed by atoms with Crippen molar-refractivity contribution >= 4 is 65.4 Å². The molecule has 0 saturated heterocycles. The Morgan fingerprint density at radius 3 is 2.02 bits per heavy atom. The SMILES string of the molecule is c1ccc(-c2ccc3nc(-n4c5ccccc5c5cc6ccccc6cc54)nc(-c4ccc5c(c4)oc4ccccc45)c3c2)cc1. The summed E-state index contributed by atoms with van der Waals surface area (Å²) in [5.74, 6) is 0.640. The Morgan fingerprint density at radius 1 is 0.413 bits per heavy atom. The number of nitrogens with zero attached hydrogens (tertiary/aromatic N) is 3. The van der Waals surface area contributed by atoms with Crippen molar-refractivity contribution in [1.29, 1.82) is 0 Å². The molecule has 7 aromatic carbocycles. The largest absolute Gasteiger partial charge is 0.456 e. The number of rotatable bonds is 3. The molecule has 0 spiro atoms. The molecule has 0 aliphatic rings. The monoisotopic (exact) mass is 587 g/mol. The Labute approximate surface area is 263 Å². The third-order valence-corrected chi connectivity index (χ3v) is 9.18. The van der Waals surface area contributed by atoms with Gasteiger partial charge in [0, 0.05) is 32.5 Å². The van der Waals surface area contributed by atoms with E-state index in [1.54, 1.807) is 0 Å². The van der Waals surface area contributed by atoms with Crippen LogP contribution in [-0.4, -0.2) is 14.5 Å². The summed E-state index contributed by atoms with van der Waals surface area (Å²) in [6, 6.07) is 53.2. The Balaban J connectivity index is 1.29. The van der Waals surface area contributed by atoms with Crippen molar-refractivity contribution in [3.05, 3.63) is 152 Å². The van der Waals surface area contributed by atoms with Crippen molar-refractivity contribution in [2.45, 2.75) is 0 Å².